The van der Waals surface area contributed by atoms with E-state index in [0.717, 1.165) is 0 Å². The topological polar surface area (TPSA) is 39.2 Å². The number of methoxy groups -OCH3 is 1. The van der Waals surface area contributed by atoms with Gasteiger partial charge in [-0.2, -0.15) is 0 Å². The molecule has 0 spiro atoms. The minimum atomic E-state index is -0.635. The van der Waals surface area contributed by atoms with Gasteiger partial charge >= 0.3 is 5.97 Å². The van der Waals surface area contributed by atoms with E-state index in [2.05, 4.69) is 9.72 Å². The number of rotatable bonds is 2. The molecule has 7 heteroatoms. The minimum Gasteiger partial charge on any atom is -0.464 e. The highest BCUT2D eigenvalue weighted by Gasteiger charge is 2.20. The van der Waals surface area contributed by atoms with E-state index in [9.17, 15) is 4.79 Å². The molecule has 0 N–H and O–H groups in total. The van der Waals surface area contributed by atoms with E-state index in [0.29, 0.717) is 26.2 Å². The van der Waals surface area contributed by atoms with Gasteiger partial charge in [-0.25, -0.2) is 9.78 Å². The maximum atomic E-state index is 11.8. The van der Waals surface area contributed by atoms with Crippen LogP contribution in [0.1, 0.15) is 10.5 Å². The summed E-state index contributed by atoms with van der Waals surface area (Å²) in [6.45, 7) is 0. The monoisotopic (exact) mass is 349 g/mol. The Morgan fingerprint density at radius 1 is 1.10 bits per heavy atom. The van der Waals surface area contributed by atoms with Gasteiger partial charge in [0.1, 0.15) is 5.15 Å². The lowest BCUT2D eigenvalue weighted by Gasteiger charge is -2.11. The van der Waals surface area contributed by atoms with Gasteiger partial charge in [0.05, 0.1) is 17.2 Å². The van der Waals surface area contributed by atoms with Crippen molar-refractivity contribution in [2.24, 2.45) is 0 Å². The minimum absolute atomic E-state index is 0.0334. The Morgan fingerprint density at radius 3 is 2.25 bits per heavy atom. The fraction of sp³-hybridized carbons (Fsp3) is 0.0769. The third-order valence-electron chi connectivity index (χ3n) is 2.52. The molecule has 2 aromatic rings. The van der Waals surface area contributed by atoms with Crippen molar-refractivity contribution < 1.29 is 9.53 Å². The van der Waals surface area contributed by atoms with Crippen molar-refractivity contribution in [2.75, 3.05) is 7.11 Å². The van der Waals surface area contributed by atoms with E-state index in [-0.39, 0.29) is 10.8 Å². The van der Waals surface area contributed by atoms with Gasteiger partial charge in [0, 0.05) is 16.1 Å². The van der Waals surface area contributed by atoms with E-state index in [4.69, 9.17) is 46.4 Å². The van der Waals surface area contributed by atoms with Gasteiger partial charge in [0.2, 0.25) is 0 Å². The zero-order valence-corrected chi connectivity index (χ0v) is 13.1. The average molecular weight is 351 g/mol. The zero-order chi connectivity index (χ0) is 14.9. The van der Waals surface area contributed by atoms with Crippen LogP contribution in [0, 0.1) is 0 Å². The lowest BCUT2D eigenvalue weighted by Crippen LogP contribution is -2.07. The number of hydrogen-bond acceptors (Lipinski definition) is 3. The first kappa shape index (κ1) is 15.4. The van der Waals surface area contributed by atoms with Crippen LogP contribution in [0.15, 0.2) is 24.3 Å². The van der Waals surface area contributed by atoms with Gasteiger partial charge in [0.15, 0.2) is 5.69 Å². The van der Waals surface area contributed by atoms with Crippen molar-refractivity contribution in [3.63, 3.8) is 0 Å². The highest BCUT2D eigenvalue weighted by molar-refractivity contribution is 6.42. The molecule has 0 atom stereocenters. The fourth-order valence-corrected chi connectivity index (χ4v) is 2.86. The number of ether oxygens (including phenoxy) is 1. The van der Waals surface area contributed by atoms with E-state index >= 15 is 0 Å². The molecule has 0 aliphatic carbocycles. The predicted molar refractivity (Wildman–Crippen MR) is 81.1 cm³/mol. The zero-order valence-electron chi connectivity index (χ0n) is 10.1. The number of carbonyl (C=O) groups is 1. The molecule has 1 heterocycles. The molecule has 0 saturated heterocycles. The summed E-state index contributed by atoms with van der Waals surface area (Å²) in [6.07, 6.45) is 0. The number of aromatic nitrogens is 1. The van der Waals surface area contributed by atoms with Gasteiger partial charge in [0.25, 0.3) is 0 Å². The molecule has 0 radical (unpaired) electrons. The first-order chi connectivity index (χ1) is 9.43. The number of halogens is 4. The number of esters is 1. The summed E-state index contributed by atoms with van der Waals surface area (Å²) in [7, 11) is 1.25. The lowest BCUT2D eigenvalue weighted by molar-refractivity contribution is 0.0595. The Balaban J connectivity index is 2.73. The van der Waals surface area contributed by atoms with Crippen LogP contribution in [0.3, 0.4) is 0 Å². The maximum absolute atomic E-state index is 11.8. The number of benzene rings is 1. The second kappa shape index (κ2) is 6.19. The molecule has 0 fully saturated rings. The number of pyridine rings is 1. The Labute approximate surface area is 135 Å². The van der Waals surface area contributed by atoms with Crippen molar-refractivity contribution in [1.82, 2.24) is 4.98 Å². The molecule has 104 valence electrons. The first-order valence-electron chi connectivity index (χ1n) is 5.34. The molecule has 0 bridgehead atoms. The van der Waals surface area contributed by atoms with Gasteiger partial charge < -0.3 is 4.74 Å². The standard InChI is InChI=1S/C13H7Cl4NO2/c1-20-13(19)12-7(2-3-10(17)18-12)11-8(15)4-6(14)5-9(11)16/h2-5H,1H3. The number of hydrogen-bond donors (Lipinski definition) is 0. The van der Waals surface area contributed by atoms with Crippen LogP contribution in [-0.2, 0) is 4.74 Å². The molecule has 20 heavy (non-hydrogen) atoms. The van der Waals surface area contributed by atoms with Crippen LogP contribution < -0.4 is 0 Å². The van der Waals surface area contributed by atoms with E-state index < -0.39 is 5.97 Å². The summed E-state index contributed by atoms with van der Waals surface area (Å²) in [5, 5.41) is 1.16. The van der Waals surface area contributed by atoms with Gasteiger partial charge in [-0.05, 0) is 24.3 Å². The second-order valence-corrected chi connectivity index (χ2v) is 5.40. The third-order valence-corrected chi connectivity index (χ3v) is 3.54. The molecule has 1 aromatic carbocycles. The molecule has 0 saturated carbocycles. The quantitative estimate of drug-likeness (QED) is 0.555. The van der Waals surface area contributed by atoms with Crippen LogP contribution in [0.5, 0.6) is 0 Å². The van der Waals surface area contributed by atoms with Crippen LogP contribution in [-0.4, -0.2) is 18.1 Å². The Morgan fingerprint density at radius 2 is 1.70 bits per heavy atom. The summed E-state index contributed by atoms with van der Waals surface area (Å²) >= 11 is 24.0. The summed E-state index contributed by atoms with van der Waals surface area (Å²) in [6, 6.07) is 6.19. The molecule has 0 unspecified atom stereocenters. The summed E-state index contributed by atoms with van der Waals surface area (Å²) in [5.41, 5.74) is 0.904. The average Bonchev–Trinajstić information content (AvgIpc) is 2.38. The van der Waals surface area contributed by atoms with Gasteiger partial charge in [-0.15, -0.1) is 0 Å². The summed E-state index contributed by atoms with van der Waals surface area (Å²) in [5.74, 6) is -0.635. The van der Waals surface area contributed by atoms with E-state index in [1.165, 1.54) is 25.3 Å². The third kappa shape index (κ3) is 3.01. The van der Waals surface area contributed by atoms with Crippen molar-refractivity contribution in [2.45, 2.75) is 0 Å². The SMILES string of the molecule is COC(=O)c1nc(Cl)ccc1-c1c(Cl)cc(Cl)cc1Cl. The number of carbonyl (C=O) groups excluding carboxylic acids is 1. The fourth-order valence-electron chi connectivity index (χ4n) is 1.69. The molecule has 0 aliphatic heterocycles. The van der Waals surface area contributed by atoms with Gasteiger partial charge in [-0.1, -0.05) is 46.4 Å². The Kier molecular flexibility index (Phi) is 4.76. The molecule has 3 nitrogen and oxygen atoms in total. The van der Waals surface area contributed by atoms with Crippen molar-refractivity contribution in [3.8, 4) is 11.1 Å². The van der Waals surface area contributed by atoms with Crippen LogP contribution in [0.4, 0.5) is 0 Å². The highest BCUT2D eigenvalue weighted by atomic mass is 35.5. The normalized spacial score (nSPS) is 10.4. The molecule has 0 amide bonds. The molecule has 0 aliphatic rings. The second-order valence-electron chi connectivity index (χ2n) is 3.77. The molecule has 1 aromatic heterocycles. The van der Waals surface area contributed by atoms with Gasteiger partial charge in [-0.3, -0.25) is 0 Å². The maximum Gasteiger partial charge on any atom is 0.357 e. The lowest BCUT2D eigenvalue weighted by atomic mass is 10.0. The molecular formula is C13H7Cl4NO2. The van der Waals surface area contributed by atoms with E-state index in [1.807, 2.05) is 0 Å². The van der Waals surface area contributed by atoms with Crippen molar-refractivity contribution in [1.29, 1.82) is 0 Å². The molecule has 2 rings (SSSR count). The Hall–Kier alpha value is -1.000. The van der Waals surface area contributed by atoms with Crippen LogP contribution in [0.2, 0.25) is 20.2 Å². The number of nitrogens with zero attached hydrogens (tertiary/aromatic N) is 1. The van der Waals surface area contributed by atoms with Crippen molar-refractivity contribution in [3.05, 3.63) is 50.2 Å². The summed E-state index contributed by atoms with van der Waals surface area (Å²) in [4.78, 5) is 15.8. The largest absolute Gasteiger partial charge is 0.464 e. The summed E-state index contributed by atoms with van der Waals surface area (Å²) < 4.78 is 4.68. The van der Waals surface area contributed by atoms with Crippen LogP contribution >= 0.6 is 46.4 Å². The van der Waals surface area contributed by atoms with Crippen molar-refractivity contribution >= 4 is 52.4 Å². The highest BCUT2D eigenvalue weighted by Crippen LogP contribution is 2.38. The molecular weight excluding hydrogens is 344 g/mol. The van der Waals surface area contributed by atoms with Crippen LogP contribution in [0.25, 0.3) is 11.1 Å². The smallest absolute Gasteiger partial charge is 0.357 e. The first-order valence-corrected chi connectivity index (χ1v) is 6.85. The van der Waals surface area contributed by atoms with E-state index in [1.54, 1.807) is 6.07 Å². The Bertz CT molecular complexity index is 665. The predicted octanol–water partition coefficient (Wildman–Crippen LogP) is 5.15.